The van der Waals surface area contributed by atoms with Gasteiger partial charge in [0.2, 0.25) is 0 Å². The Kier molecular flexibility index (Phi) is 5.86. The lowest BCUT2D eigenvalue weighted by molar-refractivity contribution is -0.143. The third kappa shape index (κ3) is 3.98. The number of amides is 2. The maximum Gasteiger partial charge on any atom is 0.320 e. The van der Waals surface area contributed by atoms with Crippen molar-refractivity contribution in [3.8, 4) is 0 Å². The Morgan fingerprint density at radius 1 is 1.53 bits per heavy atom. The maximum atomic E-state index is 12.4. The summed E-state index contributed by atoms with van der Waals surface area (Å²) in [6.45, 7) is 9.39. The van der Waals surface area contributed by atoms with Gasteiger partial charge in [0.25, 0.3) is 0 Å². The lowest BCUT2D eigenvalue weighted by Crippen LogP contribution is -2.51. The molecule has 1 N–H and O–H groups in total. The fraction of sp³-hybridized carbons (Fsp3) is 0.714. The van der Waals surface area contributed by atoms with Crippen molar-refractivity contribution < 1.29 is 14.7 Å². The first-order chi connectivity index (χ1) is 9.01. The zero-order chi connectivity index (χ0) is 14.4. The van der Waals surface area contributed by atoms with Crippen LogP contribution in [0.15, 0.2) is 12.7 Å². The average Bonchev–Trinajstić information content (AvgIpc) is 2.37. The molecule has 1 fully saturated rings. The Labute approximate surface area is 114 Å². The van der Waals surface area contributed by atoms with Crippen molar-refractivity contribution in [3.05, 3.63) is 12.7 Å². The molecular weight excluding hydrogens is 244 g/mol. The first kappa shape index (κ1) is 15.5. The highest BCUT2D eigenvalue weighted by Crippen LogP contribution is 2.24. The second-order valence-corrected chi connectivity index (χ2v) is 5.12. The van der Waals surface area contributed by atoms with Gasteiger partial charge in [-0.15, -0.1) is 6.58 Å². The molecule has 5 nitrogen and oxygen atoms in total. The van der Waals surface area contributed by atoms with E-state index in [1.165, 1.54) is 0 Å². The Hall–Kier alpha value is -1.52. The first-order valence-corrected chi connectivity index (χ1v) is 6.90. The largest absolute Gasteiger partial charge is 0.481 e. The van der Waals surface area contributed by atoms with E-state index in [4.69, 9.17) is 5.11 Å². The van der Waals surface area contributed by atoms with Crippen molar-refractivity contribution in [2.75, 3.05) is 19.6 Å². The molecule has 1 aliphatic heterocycles. The Balaban J connectivity index is 2.66. The molecule has 0 radical (unpaired) electrons. The van der Waals surface area contributed by atoms with Crippen LogP contribution in [-0.4, -0.2) is 52.6 Å². The lowest BCUT2D eigenvalue weighted by Gasteiger charge is -2.39. The number of carboxylic acids is 1. The van der Waals surface area contributed by atoms with Crippen molar-refractivity contribution in [1.82, 2.24) is 9.80 Å². The Morgan fingerprint density at radius 2 is 2.21 bits per heavy atom. The van der Waals surface area contributed by atoms with Crippen LogP contribution in [0.25, 0.3) is 0 Å². The monoisotopic (exact) mass is 268 g/mol. The molecule has 0 aliphatic carbocycles. The van der Waals surface area contributed by atoms with E-state index >= 15 is 0 Å². The van der Waals surface area contributed by atoms with Crippen LogP contribution >= 0.6 is 0 Å². The molecule has 0 aromatic heterocycles. The van der Waals surface area contributed by atoms with Gasteiger partial charge in [-0.2, -0.15) is 0 Å². The van der Waals surface area contributed by atoms with Crippen molar-refractivity contribution in [2.45, 2.75) is 39.2 Å². The molecule has 1 saturated heterocycles. The lowest BCUT2D eigenvalue weighted by atomic mass is 9.92. The minimum Gasteiger partial charge on any atom is -0.481 e. The van der Waals surface area contributed by atoms with Gasteiger partial charge in [-0.1, -0.05) is 13.0 Å². The molecule has 1 rings (SSSR count). The molecule has 2 amide bonds. The van der Waals surface area contributed by atoms with Gasteiger partial charge >= 0.3 is 12.0 Å². The molecular formula is C14H24N2O3. The molecule has 1 heterocycles. The molecule has 0 spiro atoms. The van der Waals surface area contributed by atoms with Crippen LogP contribution in [-0.2, 0) is 4.79 Å². The summed E-state index contributed by atoms with van der Waals surface area (Å²) in [5.41, 5.74) is 0. The SMILES string of the molecule is C=CCN(CCC)C(=O)N1CCC(C(=O)O)CC1C. The minimum absolute atomic E-state index is 0.00177. The number of piperidine rings is 1. The van der Waals surface area contributed by atoms with Gasteiger partial charge in [0.05, 0.1) is 5.92 Å². The van der Waals surface area contributed by atoms with Gasteiger partial charge in [-0.3, -0.25) is 4.79 Å². The molecule has 0 aromatic carbocycles. The molecule has 0 saturated carbocycles. The predicted octanol–water partition coefficient (Wildman–Crippen LogP) is 2.19. The van der Waals surface area contributed by atoms with Crippen LogP contribution in [0.4, 0.5) is 4.79 Å². The fourth-order valence-corrected chi connectivity index (χ4v) is 2.55. The van der Waals surface area contributed by atoms with Crippen LogP contribution in [0, 0.1) is 5.92 Å². The number of likely N-dealkylation sites (tertiary alicyclic amines) is 1. The number of hydrogen-bond donors (Lipinski definition) is 1. The molecule has 5 heteroatoms. The summed E-state index contributed by atoms with van der Waals surface area (Å²) in [5.74, 6) is -1.08. The van der Waals surface area contributed by atoms with E-state index in [0.717, 1.165) is 6.42 Å². The normalized spacial score (nSPS) is 22.9. The summed E-state index contributed by atoms with van der Waals surface area (Å²) in [6.07, 6.45) is 3.70. The standard InChI is InChI=1S/C14H24N2O3/c1-4-7-15(8-5-2)14(19)16-9-6-12(13(17)18)10-11(16)3/h4,11-12H,1,5-10H2,2-3H3,(H,17,18). The van der Waals surface area contributed by atoms with Crippen LogP contribution in [0.3, 0.4) is 0 Å². The number of nitrogens with zero attached hydrogens (tertiary/aromatic N) is 2. The third-order valence-corrected chi connectivity index (χ3v) is 3.58. The number of carbonyl (C=O) groups is 2. The highest BCUT2D eigenvalue weighted by atomic mass is 16.4. The summed E-state index contributed by atoms with van der Waals surface area (Å²) in [4.78, 5) is 27.0. The molecule has 0 bridgehead atoms. The number of aliphatic carboxylic acids is 1. The van der Waals surface area contributed by atoms with Crippen molar-refractivity contribution in [1.29, 1.82) is 0 Å². The third-order valence-electron chi connectivity index (χ3n) is 3.58. The highest BCUT2D eigenvalue weighted by Gasteiger charge is 2.33. The van der Waals surface area contributed by atoms with Crippen molar-refractivity contribution in [2.24, 2.45) is 5.92 Å². The highest BCUT2D eigenvalue weighted by molar-refractivity contribution is 5.76. The van der Waals surface area contributed by atoms with Gasteiger partial charge in [-0.05, 0) is 26.2 Å². The number of rotatable bonds is 5. The van der Waals surface area contributed by atoms with Crippen molar-refractivity contribution >= 4 is 12.0 Å². The number of hydrogen-bond acceptors (Lipinski definition) is 2. The van der Waals surface area contributed by atoms with Crippen LogP contribution in [0.1, 0.15) is 33.1 Å². The maximum absolute atomic E-state index is 12.4. The molecule has 1 aliphatic rings. The van der Waals surface area contributed by atoms with E-state index in [1.54, 1.807) is 15.9 Å². The van der Waals surface area contributed by atoms with E-state index in [0.29, 0.717) is 32.5 Å². The van der Waals surface area contributed by atoms with Gasteiger partial charge in [0, 0.05) is 25.7 Å². The molecule has 0 aromatic rings. The summed E-state index contributed by atoms with van der Waals surface area (Å²) < 4.78 is 0. The van der Waals surface area contributed by atoms with Gasteiger partial charge < -0.3 is 14.9 Å². The quantitative estimate of drug-likeness (QED) is 0.777. The topological polar surface area (TPSA) is 60.9 Å². The van der Waals surface area contributed by atoms with Gasteiger partial charge in [0.15, 0.2) is 0 Å². The summed E-state index contributed by atoms with van der Waals surface area (Å²) >= 11 is 0. The Bertz CT molecular complexity index is 344. The predicted molar refractivity (Wildman–Crippen MR) is 74.0 cm³/mol. The van der Waals surface area contributed by atoms with Crippen LogP contribution in [0.5, 0.6) is 0 Å². The average molecular weight is 268 g/mol. The summed E-state index contributed by atoms with van der Waals surface area (Å²) in [5, 5.41) is 9.03. The minimum atomic E-state index is -0.754. The summed E-state index contributed by atoms with van der Waals surface area (Å²) in [7, 11) is 0. The Morgan fingerprint density at radius 3 is 2.68 bits per heavy atom. The molecule has 108 valence electrons. The zero-order valence-electron chi connectivity index (χ0n) is 11.8. The smallest absolute Gasteiger partial charge is 0.320 e. The van der Waals surface area contributed by atoms with E-state index in [2.05, 4.69) is 6.58 Å². The fourth-order valence-electron chi connectivity index (χ4n) is 2.55. The number of carboxylic acid groups (broad SMARTS) is 1. The zero-order valence-corrected chi connectivity index (χ0v) is 11.8. The number of urea groups is 1. The molecule has 19 heavy (non-hydrogen) atoms. The first-order valence-electron chi connectivity index (χ1n) is 6.90. The van der Waals surface area contributed by atoms with Gasteiger partial charge in [0.1, 0.15) is 0 Å². The molecule has 2 unspecified atom stereocenters. The van der Waals surface area contributed by atoms with E-state index in [-0.39, 0.29) is 18.0 Å². The van der Waals surface area contributed by atoms with Gasteiger partial charge in [-0.25, -0.2) is 4.79 Å². The van der Waals surface area contributed by atoms with Crippen LogP contribution < -0.4 is 0 Å². The summed E-state index contributed by atoms with van der Waals surface area (Å²) in [6, 6.07) is -0.0235. The van der Waals surface area contributed by atoms with E-state index < -0.39 is 5.97 Å². The second-order valence-electron chi connectivity index (χ2n) is 5.12. The molecule has 2 atom stereocenters. The number of carbonyl (C=O) groups excluding carboxylic acids is 1. The van der Waals surface area contributed by atoms with Crippen LogP contribution in [0.2, 0.25) is 0 Å². The second kappa shape index (κ2) is 7.16. The van der Waals surface area contributed by atoms with E-state index in [1.807, 2.05) is 13.8 Å². The van der Waals surface area contributed by atoms with Crippen molar-refractivity contribution in [3.63, 3.8) is 0 Å². The van der Waals surface area contributed by atoms with E-state index in [9.17, 15) is 9.59 Å².